The molecular formula is C20H24N6O. The van der Waals surface area contributed by atoms with Gasteiger partial charge in [0.05, 0.1) is 12.2 Å². The molecular weight excluding hydrogens is 340 g/mol. The van der Waals surface area contributed by atoms with Crippen molar-refractivity contribution in [2.24, 2.45) is 0 Å². The average Bonchev–Trinajstić information content (AvgIpc) is 3.14. The molecule has 0 fully saturated rings. The van der Waals surface area contributed by atoms with Crippen molar-refractivity contribution in [1.82, 2.24) is 30.0 Å². The van der Waals surface area contributed by atoms with Crippen molar-refractivity contribution in [2.75, 3.05) is 0 Å². The number of aryl methyl sites for hydroxylation is 2. The number of amides is 1. The lowest BCUT2D eigenvalue weighted by Crippen LogP contribution is -2.35. The van der Waals surface area contributed by atoms with Crippen LogP contribution >= 0.6 is 0 Å². The molecule has 7 heteroatoms. The second-order valence-electron chi connectivity index (χ2n) is 6.61. The standard InChI is InChI=1S/C20H24N6O/c1-4-5-18-10-19(25-15(3)24-18)16-6-8-17(9-7-16)20(27)23-14(2)11-26-13-21-12-22-26/h6-10,12-14H,4-5,11H2,1-3H3,(H,23,27). The minimum atomic E-state index is -0.111. The minimum absolute atomic E-state index is 0.0556. The average molecular weight is 364 g/mol. The highest BCUT2D eigenvalue weighted by Gasteiger charge is 2.11. The zero-order valence-corrected chi connectivity index (χ0v) is 15.9. The van der Waals surface area contributed by atoms with E-state index in [0.29, 0.717) is 12.1 Å². The summed E-state index contributed by atoms with van der Waals surface area (Å²) in [5.41, 5.74) is 3.52. The molecule has 1 unspecified atom stereocenters. The van der Waals surface area contributed by atoms with Gasteiger partial charge in [0.1, 0.15) is 18.5 Å². The maximum Gasteiger partial charge on any atom is 0.251 e. The van der Waals surface area contributed by atoms with Crippen LogP contribution in [0.4, 0.5) is 0 Å². The quantitative estimate of drug-likeness (QED) is 0.697. The maximum atomic E-state index is 12.4. The summed E-state index contributed by atoms with van der Waals surface area (Å²) < 4.78 is 1.69. The fraction of sp³-hybridized carbons (Fsp3) is 0.350. The molecule has 0 bridgehead atoms. The van der Waals surface area contributed by atoms with Crippen LogP contribution in [0.15, 0.2) is 43.0 Å². The first-order valence-corrected chi connectivity index (χ1v) is 9.13. The predicted molar refractivity (Wildman–Crippen MR) is 103 cm³/mol. The first-order valence-electron chi connectivity index (χ1n) is 9.13. The van der Waals surface area contributed by atoms with E-state index in [2.05, 4.69) is 32.3 Å². The Balaban J connectivity index is 1.68. The van der Waals surface area contributed by atoms with Crippen molar-refractivity contribution in [3.63, 3.8) is 0 Å². The molecule has 0 saturated carbocycles. The second kappa shape index (κ2) is 8.53. The molecule has 140 valence electrons. The number of carbonyl (C=O) groups excluding carboxylic acids is 1. The Hall–Kier alpha value is -3.09. The van der Waals surface area contributed by atoms with Crippen molar-refractivity contribution in [3.05, 3.63) is 60.1 Å². The van der Waals surface area contributed by atoms with E-state index in [0.717, 1.165) is 35.6 Å². The molecule has 3 rings (SSSR count). The Labute approximate surface area is 158 Å². The topological polar surface area (TPSA) is 85.6 Å². The SMILES string of the molecule is CCCc1cc(-c2ccc(C(=O)NC(C)Cn3cncn3)cc2)nc(C)n1. The molecule has 3 aromatic rings. The summed E-state index contributed by atoms with van der Waals surface area (Å²) in [6.07, 6.45) is 5.09. The van der Waals surface area contributed by atoms with Gasteiger partial charge < -0.3 is 5.32 Å². The first kappa shape index (κ1) is 18.7. The van der Waals surface area contributed by atoms with Gasteiger partial charge in [-0.2, -0.15) is 5.10 Å². The normalized spacial score (nSPS) is 12.0. The van der Waals surface area contributed by atoms with Crippen LogP contribution in [0.1, 0.15) is 42.1 Å². The molecule has 0 saturated heterocycles. The molecule has 0 radical (unpaired) electrons. The maximum absolute atomic E-state index is 12.4. The van der Waals surface area contributed by atoms with Crippen LogP contribution < -0.4 is 5.32 Å². The van der Waals surface area contributed by atoms with Crippen molar-refractivity contribution in [2.45, 2.75) is 46.2 Å². The molecule has 1 amide bonds. The minimum Gasteiger partial charge on any atom is -0.348 e. The summed E-state index contributed by atoms with van der Waals surface area (Å²) in [6, 6.07) is 9.46. The van der Waals surface area contributed by atoms with E-state index in [9.17, 15) is 4.79 Å². The fourth-order valence-corrected chi connectivity index (χ4v) is 2.91. The third-order valence-electron chi connectivity index (χ3n) is 4.14. The molecule has 1 N–H and O–H groups in total. The van der Waals surface area contributed by atoms with Gasteiger partial charge in [-0.15, -0.1) is 0 Å². The zero-order chi connectivity index (χ0) is 19.2. The number of benzene rings is 1. The smallest absolute Gasteiger partial charge is 0.251 e. The van der Waals surface area contributed by atoms with E-state index >= 15 is 0 Å². The van der Waals surface area contributed by atoms with Crippen LogP contribution in [-0.4, -0.2) is 36.7 Å². The van der Waals surface area contributed by atoms with Crippen LogP contribution in [0, 0.1) is 6.92 Å². The van der Waals surface area contributed by atoms with Crippen LogP contribution in [0.5, 0.6) is 0 Å². The summed E-state index contributed by atoms with van der Waals surface area (Å²) in [6.45, 7) is 6.55. The van der Waals surface area contributed by atoms with Gasteiger partial charge in [-0.1, -0.05) is 25.5 Å². The molecule has 0 spiro atoms. The Bertz CT molecular complexity index is 889. The fourth-order valence-electron chi connectivity index (χ4n) is 2.91. The number of rotatable bonds is 7. The van der Waals surface area contributed by atoms with Gasteiger partial charge in [-0.25, -0.2) is 15.0 Å². The summed E-state index contributed by atoms with van der Waals surface area (Å²) >= 11 is 0. The van der Waals surface area contributed by atoms with Gasteiger partial charge in [0, 0.05) is 22.9 Å². The number of carbonyl (C=O) groups is 1. The number of nitrogens with one attached hydrogen (secondary N) is 1. The highest BCUT2D eigenvalue weighted by Crippen LogP contribution is 2.19. The number of aromatic nitrogens is 5. The molecule has 7 nitrogen and oxygen atoms in total. The van der Waals surface area contributed by atoms with Gasteiger partial charge >= 0.3 is 0 Å². The number of hydrogen-bond acceptors (Lipinski definition) is 5. The van der Waals surface area contributed by atoms with E-state index in [4.69, 9.17) is 0 Å². The lowest BCUT2D eigenvalue weighted by Gasteiger charge is -2.14. The predicted octanol–water partition coefficient (Wildman–Crippen LogP) is 2.81. The summed E-state index contributed by atoms with van der Waals surface area (Å²) in [4.78, 5) is 25.3. The van der Waals surface area contributed by atoms with E-state index in [1.54, 1.807) is 11.0 Å². The number of nitrogens with zero attached hydrogens (tertiary/aromatic N) is 5. The van der Waals surface area contributed by atoms with E-state index in [1.807, 2.05) is 44.2 Å². The van der Waals surface area contributed by atoms with Crippen LogP contribution in [0.2, 0.25) is 0 Å². The van der Waals surface area contributed by atoms with Crippen molar-refractivity contribution < 1.29 is 4.79 Å². The van der Waals surface area contributed by atoms with E-state index in [-0.39, 0.29) is 11.9 Å². The third-order valence-corrected chi connectivity index (χ3v) is 4.14. The lowest BCUT2D eigenvalue weighted by atomic mass is 10.1. The van der Waals surface area contributed by atoms with Crippen LogP contribution in [0.25, 0.3) is 11.3 Å². The second-order valence-corrected chi connectivity index (χ2v) is 6.61. The van der Waals surface area contributed by atoms with E-state index < -0.39 is 0 Å². The Morgan fingerprint density at radius 3 is 2.67 bits per heavy atom. The largest absolute Gasteiger partial charge is 0.348 e. The number of hydrogen-bond donors (Lipinski definition) is 1. The van der Waals surface area contributed by atoms with Crippen molar-refractivity contribution in [1.29, 1.82) is 0 Å². The van der Waals surface area contributed by atoms with Crippen molar-refractivity contribution in [3.8, 4) is 11.3 Å². The van der Waals surface area contributed by atoms with E-state index in [1.165, 1.54) is 6.33 Å². The van der Waals surface area contributed by atoms with Gasteiger partial charge in [0.25, 0.3) is 5.91 Å². The molecule has 1 aromatic carbocycles. The summed E-state index contributed by atoms with van der Waals surface area (Å²) in [5.74, 6) is 0.652. The molecule has 0 aliphatic heterocycles. The molecule has 0 aliphatic carbocycles. The van der Waals surface area contributed by atoms with Gasteiger partial charge in [0.2, 0.25) is 0 Å². The Morgan fingerprint density at radius 2 is 2.00 bits per heavy atom. The van der Waals surface area contributed by atoms with Crippen LogP contribution in [0.3, 0.4) is 0 Å². The van der Waals surface area contributed by atoms with Gasteiger partial charge in [-0.05, 0) is 38.5 Å². The first-order chi connectivity index (χ1) is 13.0. The van der Waals surface area contributed by atoms with Crippen LogP contribution in [-0.2, 0) is 13.0 Å². The molecule has 1 atom stereocenters. The summed E-state index contributed by atoms with van der Waals surface area (Å²) in [5, 5.41) is 7.03. The summed E-state index contributed by atoms with van der Waals surface area (Å²) in [7, 11) is 0. The molecule has 2 heterocycles. The Kier molecular flexibility index (Phi) is 5.90. The molecule has 27 heavy (non-hydrogen) atoms. The van der Waals surface area contributed by atoms with Gasteiger partial charge in [-0.3, -0.25) is 9.48 Å². The van der Waals surface area contributed by atoms with Gasteiger partial charge in [0.15, 0.2) is 0 Å². The van der Waals surface area contributed by atoms with Crippen molar-refractivity contribution >= 4 is 5.91 Å². The third kappa shape index (κ3) is 4.97. The monoisotopic (exact) mass is 364 g/mol. The molecule has 0 aliphatic rings. The molecule has 2 aromatic heterocycles. The highest BCUT2D eigenvalue weighted by atomic mass is 16.1. The lowest BCUT2D eigenvalue weighted by molar-refractivity contribution is 0.0936. The zero-order valence-electron chi connectivity index (χ0n) is 15.9. The Morgan fingerprint density at radius 1 is 1.22 bits per heavy atom. The highest BCUT2D eigenvalue weighted by molar-refractivity contribution is 5.94.